The predicted octanol–water partition coefficient (Wildman–Crippen LogP) is 2.79. The van der Waals surface area contributed by atoms with Crippen molar-refractivity contribution in [1.82, 2.24) is 10.3 Å². The van der Waals surface area contributed by atoms with Gasteiger partial charge in [-0.3, -0.25) is 4.98 Å². The highest BCUT2D eigenvalue weighted by molar-refractivity contribution is 5.15. The van der Waals surface area contributed by atoms with E-state index in [4.69, 9.17) is 4.74 Å². The number of nitrogens with zero attached hydrogens (tertiary/aromatic N) is 1. The van der Waals surface area contributed by atoms with Gasteiger partial charge in [0.2, 0.25) is 0 Å². The van der Waals surface area contributed by atoms with Crippen molar-refractivity contribution in [2.24, 2.45) is 5.92 Å². The summed E-state index contributed by atoms with van der Waals surface area (Å²) < 4.78 is 5.27. The van der Waals surface area contributed by atoms with E-state index < -0.39 is 0 Å². The highest BCUT2D eigenvalue weighted by Crippen LogP contribution is 2.18. The third kappa shape index (κ3) is 4.44. The molecule has 1 N–H and O–H groups in total. The largest absolute Gasteiger partial charge is 0.383 e. The van der Waals surface area contributed by atoms with Crippen molar-refractivity contribution in [3.05, 3.63) is 30.1 Å². The molecule has 1 rings (SSSR count). The number of rotatable bonds is 7. The van der Waals surface area contributed by atoms with Gasteiger partial charge < -0.3 is 10.1 Å². The van der Waals surface area contributed by atoms with Crippen LogP contribution in [-0.2, 0) is 4.74 Å². The number of methoxy groups -OCH3 is 1. The second-order valence-corrected chi connectivity index (χ2v) is 4.71. The van der Waals surface area contributed by atoms with Crippen molar-refractivity contribution in [1.29, 1.82) is 0 Å². The molecule has 96 valence electrons. The summed E-state index contributed by atoms with van der Waals surface area (Å²) in [5, 5.41) is 3.67. The number of pyridine rings is 1. The van der Waals surface area contributed by atoms with Gasteiger partial charge in [-0.1, -0.05) is 20.8 Å². The molecule has 0 aliphatic carbocycles. The van der Waals surface area contributed by atoms with Crippen LogP contribution >= 0.6 is 0 Å². The quantitative estimate of drug-likeness (QED) is 0.790. The fourth-order valence-electron chi connectivity index (χ4n) is 1.92. The Morgan fingerprint density at radius 1 is 1.29 bits per heavy atom. The fraction of sp³-hybridized carbons (Fsp3) is 0.643. The number of nitrogens with one attached hydrogen (secondary N) is 1. The van der Waals surface area contributed by atoms with E-state index in [1.54, 1.807) is 7.11 Å². The highest BCUT2D eigenvalue weighted by Gasteiger charge is 2.18. The van der Waals surface area contributed by atoms with Crippen molar-refractivity contribution in [2.75, 3.05) is 13.7 Å². The van der Waals surface area contributed by atoms with E-state index in [-0.39, 0.29) is 0 Å². The molecule has 0 amide bonds. The van der Waals surface area contributed by atoms with Crippen molar-refractivity contribution in [3.8, 4) is 0 Å². The first-order chi connectivity index (χ1) is 8.19. The highest BCUT2D eigenvalue weighted by atomic mass is 16.5. The summed E-state index contributed by atoms with van der Waals surface area (Å²) in [6.07, 6.45) is 4.76. The third-order valence-corrected chi connectivity index (χ3v) is 3.08. The molecule has 1 aromatic rings. The van der Waals surface area contributed by atoms with Gasteiger partial charge >= 0.3 is 0 Å². The van der Waals surface area contributed by atoms with Crippen LogP contribution in [0.15, 0.2) is 24.5 Å². The minimum atomic E-state index is 0.376. The summed E-state index contributed by atoms with van der Waals surface area (Å²) in [5.74, 6) is 0.561. The van der Waals surface area contributed by atoms with Gasteiger partial charge in [0.25, 0.3) is 0 Å². The molecule has 17 heavy (non-hydrogen) atoms. The van der Waals surface area contributed by atoms with Crippen LogP contribution in [0, 0.1) is 5.92 Å². The maximum absolute atomic E-state index is 5.27. The molecule has 0 saturated carbocycles. The van der Waals surface area contributed by atoms with Crippen molar-refractivity contribution >= 4 is 0 Å². The molecule has 3 heteroatoms. The minimum absolute atomic E-state index is 0.376. The first kappa shape index (κ1) is 14.1. The Labute approximate surface area is 105 Å². The summed E-state index contributed by atoms with van der Waals surface area (Å²) in [5.41, 5.74) is 1.30. The van der Waals surface area contributed by atoms with E-state index >= 15 is 0 Å². The van der Waals surface area contributed by atoms with Crippen LogP contribution < -0.4 is 5.32 Å². The summed E-state index contributed by atoms with van der Waals surface area (Å²) in [6, 6.07) is 4.91. The van der Waals surface area contributed by atoms with Crippen LogP contribution in [0.1, 0.15) is 38.8 Å². The maximum atomic E-state index is 5.27. The monoisotopic (exact) mass is 236 g/mol. The van der Waals surface area contributed by atoms with Gasteiger partial charge in [-0.05, 0) is 30.0 Å². The van der Waals surface area contributed by atoms with Crippen LogP contribution in [0.3, 0.4) is 0 Å². The Morgan fingerprint density at radius 2 is 1.94 bits per heavy atom. The van der Waals surface area contributed by atoms with Gasteiger partial charge in [0.1, 0.15) is 0 Å². The molecule has 1 heterocycles. The summed E-state index contributed by atoms with van der Waals surface area (Å²) in [6.45, 7) is 7.38. The Morgan fingerprint density at radius 3 is 2.41 bits per heavy atom. The van der Waals surface area contributed by atoms with Gasteiger partial charge in [0, 0.05) is 31.6 Å². The van der Waals surface area contributed by atoms with Gasteiger partial charge in [0.05, 0.1) is 6.61 Å². The van der Waals surface area contributed by atoms with E-state index in [0.717, 1.165) is 13.0 Å². The van der Waals surface area contributed by atoms with Crippen LogP contribution in [0.5, 0.6) is 0 Å². The lowest BCUT2D eigenvalue weighted by atomic mass is 10.00. The first-order valence-corrected chi connectivity index (χ1v) is 6.34. The molecule has 0 unspecified atom stereocenters. The Kier molecular flexibility index (Phi) is 6.16. The molecule has 0 spiro atoms. The van der Waals surface area contributed by atoms with E-state index in [2.05, 4.69) is 43.2 Å². The molecular formula is C14H24N2O. The van der Waals surface area contributed by atoms with Gasteiger partial charge in [-0.25, -0.2) is 0 Å². The molecule has 0 radical (unpaired) electrons. The number of aromatic nitrogens is 1. The molecule has 2 atom stereocenters. The predicted molar refractivity (Wildman–Crippen MR) is 70.9 cm³/mol. The van der Waals surface area contributed by atoms with E-state index in [0.29, 0.717) is 18.0 Å². The van der Waals surface area contributed by atoms with Crippen molar-refractivity contribution in [3.63, 3.8) is 0 Å². The first-order valence-electron chi connectivity index (χ1n) is 6.34. The van der Waals surface area contributed by atoms with Gasteiger partial charge in [0.15, 0.2) is 0 Å². The average Bonchev–Trinajstić information content (AvgIpc) is 2.35. The second-order valence-electron chi connectivity index (χ2n) is 4.71. The lowest BCUT2D eigenvalue weighted by Crippen LogP contribution is -2.40. The lowest BCUT2D eigenvalue weighted by molar-refractivity contribution is 0.139. The van der Waals surface area contributed by atoms with Crippen LogP contribution in [-0.4, -0.2) is 24.7 Å². The number of hydrogen-bond acceptors (Lipinski definition) is 3. The number of hydrogen-bond donors (Lipinski definition) is 1. The van der Waals surface area contributed by atoms with Crippen LogP contribution in [0.2, 0.25) is 0 Å². The van der Waals surface area contributed by atoms with E-state index in [9.17, 15) is 0 Å². The summed E-state index contributed by atoms with van der Waals surface area (Å²) in [4.78, 5) is 4.06. The second kappa shape index (κ2) is 7.41. The Hall–Kier alpha value is -0.930. The lowest BCUT2D eigenvalue weighted by Gasteiger charge is -2.27. The fourth-order valence-corrected chi connectivity index (χ4v) is 1.92. The van der Waals surface area contributed by atoms with Gasteiger partial charge in [-0.15, -0.1) is 0 Å². The molecule has 0 aliphatic rings. The molecule has 0 aliphatic heterocycles. The Bertz CT molecular complexity index is 300. The zero-order chi connectivity index (χ0) is 12.7. The molecule has 0 saturated heterocycles. The minimum Gasteiger partial charge on any atom is -0.383 e. The maximum Gasteiger partial charge on any atom is 0.0618 e. The topological polar surface area (TPSA) is 34.1 Å². The summed E-state index contributed by atoms with van der Waals surface area (Å²) in [7, 11) is 1.75. The zero-order valence-electron chi connectivity index (χ0n) is 11.3. The molecule has 0 fully saturated rings. The third-order valence-electron chi connectivity index (χ3n) is 3.08. The van der Waals surface area contributed by atoms with Crippen molar-refractivity contribution < 1.29 is 4.74 Å². The van der Waals surface area contributed by atoms with Crippen LogP contribution in [0.25, 0.3) is 0 Å². The van der Waals surface area contributed by atoms with E-state index in [1.807, 2.05) is 12.4 Å². The molecule has 0 aromatic carbocycles. The molecule has 3 nitrogen and oxygen atoms in total. The molecule has 0 bridgehead atoms. The zero-order valence-corrected chi connectivity index (χ0v) is 11.3. The number of ether oxygens (including phenoxy) is 1. The molecular weight excluding hydrogens is 212 g/mol. The summed E-state index contributed by atoms with van der Waals surface area (Å²) >= 11 is 0. The SMILES string of the molecule is CC[C@H](N[C@@H](COC)C(C)C)c1ccncc1. The normalized spacial score (nSPS) is 14.9. The van der Waals surface area contributed by atoms with E-state index in [1.165, 1.54) is 5.56 Å². The standard InChI is InChI=1S/C14H24N2O/c1-5-13(12-6-8-15-9-7-12)16-14(10-17-4)11(2)3/h6-9,11,13-14,16H,5,10H2,1-4H3/t13-,14-/m0/s1. The smallest absolute Gasteiger partial charge is 0.0618 e. The van der Waals surface area contributed by atoms with Crippen LogP contribution in [0.4, 0.5) is 0 Å². The average molecular weight is 236 g/mol. The Balaban J connectivity index is 2.68. The van der Waals surface area contributed by atoms with Gasteiger partial charge in [-0.2, -0.15) is 0 Å². The van der Waals surface area contributed by atoms with Crippen molar-refractivity contribution in [2.45, 2.75) is 39.3 Å². The molecule has 1 aromatic heterocycles.